The number of nitrogens with zero attached hydrogens (tertiary/aromatic N) is 2. The van der Waals surface area contributed by atoms with Crippen molar-refractivity contribution in [2.75, 3.05) is 6.54 Å². The lowest BCUT2D eigenvalue weighted by Gasteiger charge is -2.09. The van der Waals surface area contributed by atoms with Gasteiger partial charge in [-0.05, 0) is 26.3 Å². The fourth-order valence-corrected chi connectivity index (χ4v) is 1.59. The van der Waals surface area contributed by atoms with Crippen LogP contribution in [-0.4, -0.2) is 28.3 Å². The van der Waals surface area contributed by atoms with E-state index in [0.717, 1.165) is 17.8 Å². The molecule has 0 radical (unpaired) electrons. The summed E-state index contributed by atoms with van der Waals surface area (Å²) < 4.78 is 1.85. The topological polar surface area (TPSA) is 59.0 Å². The molecule has 5 heteroatoms. The van der Waals surface area contributed by atoms with Crippen LogP contribution >= 0.6 is 0 Å². The van der Waals surface area contributed by atoms with Crippen molar-refractivity contribution in [3.63, 3.8) is 0 Å². The lowest BCUT2D eigenvalue weighted by Crippen LogP contribution is -2.37. The molecule has 0 bridgehead atoms. The maximum absolute atomic E-state index is 11.4. The first-order valence-corrected chi connectivity index (χ1v) is 6.04. The molecule has 1 aromatic heterocycles. The molecule has 1 heterocycles. The van der Waals surface area contributed by atoms with Gasteiger partial charge in [0, 0.05) is 19.6 Å². The number of carbonyl (C=O) groups excluding carboxylic acids is 1. The van der Waals surface area contributed by atoms with Gasteiger partial charge in [0.05, 0.1) is 17.9 Å². The van der Waals surface area contributed by atoms with Crippen LogP contribution in [0, 0.1) is 0 Å². The maximum atomic E-state index is 11.4. The number of nitrogens with one attached hydrogen (secondary N) is 2. The lowest BCUT2D eigenvalue weighted by molar-refractivity contribution is -0.120. The van der Waals surface area contributed by atoms with Gasteiger partial charge in [-0.25, -0.2) is 0 Å². The van der Waals surface area contributed by atoms with Crippen LogP contribution < -0.4 is 10.6 Å². The summed E-state index contributed by atoms with van der Waals surface area (Å²) >= 11 is 0. The molecular weight excluding hydrogens is 216 g/mol. The number of aryl methyl sites for hydroxylation is 2. The average molecular weight is 238 g/mol. The van der Waals surface area contributed by atoms with Crippen LogP contribution in [0.25, 0.3) is 0 Å². The van der Waals surface area contributed by atoms with Crippen molar-refractivity contribution in [1.29, 1.82) is 0 Å². The quantitative estimate of drug-likeness (QED) is 0.763. The zero-order valence-electron chi connectivity index (χ0n) is 11.1. The van der Waals surface area contributed by atoms with Gasteiger partial charge in [-0.3, -0.25) is 9.48 Å². The molecule has 1 aromatic rings. The van der Waals surface area contributed by atoms with E-state index in [1.807, 2.05) is 25.6 Å². The second kappa shape index (κ2) is 6.39. The number of hydrogen-bond donors (Lipinski definition) is 2. The van der Waals surface area contributed by atoms with Crippen molar-refractivity contribution in [3.05, 3.63) is 17.5 Å². The molecular formula is C12H22N4O. The van der Waals surface area contributed by atoms with Gasteiger partial charge in [-0.1, -0.05) is 6.92 Å². The van der Waals surface area contributed by atoms with Crippen LogP contribution in [0.4, 0.5) is 0 Å². The molecule has 96 valence electrons. The number of amides is 1. The zero-order valence-corrected chi connectivity index (χ0v) is 11.1. The molecule has 1 rings (SSSR count). The third-order valence-corrected chi connectivity index (χ3v) is 2.43. The Morgan fingerprint density at radius 2 is 2.24 bits per heavy atom. The Balaban J connectivity index is 2.35. The average Bonchev–Trinajstić information content (AvgIpc) is 2.58. The van der Waals surface area contributed by atoms with Gasteiger partial charge in [0.1, 0.15) is 0 Å². The second-order valence-corrected chi connectivity index (χ2v) is 4.43. The first-order chi connectivity index (χ1) is 8.02. The predicted molar refractivity (Wildman–Crippen MR) is 67.6 cm³/mol. The van der Waals surface area contributed by atoms with Crippen LogP contribution in [0.5, 0.6) is 0 Å². The summed E-state index contributed by atoms with van der Waals surface area (Å²) in [5, 5.41) is 10.3. The molecule has 0 aliphatic carbocycles. The van der Waals surface area contributed by atoms with Gasteiger partial charge in [0.15, 0.2) is 0 Å². The van der Waals surface area contributed by atoms with Gasteiger partial charge in [-0.2, -0.15) is 5.10 Å². The molecule has 0 aliphatic heterocycles. The maximum Gasteiger partial charge on any atom is 0.234 e. The highest BCUT2D eigenvalue weighted by Gasteiger charge is 2.05. The molecule has 0 unspecified atom stereocenters. The molecule has 2 N–H and O–H groups in total. The number of aromatic nitrogens is 2. The number of hydrogen-bond acceptors (Lipinski definition) is 3. The minimum atomic E-state index is 0.0258. The minimum Gasteiger partial charge on any atom is -0.353 e. The van der Waals surface area contributed by atoms with Crippen molar-refractivity contribution in [1.82, 2.24) is 20.4 Å². The molecule has 0 saturated heterocycles. The van der Waals surface area contributed by atoms with E-state index in [2.05, 4.69) is 28.7 Å². The Morgan fingerprint density at radius 1 is 1.53 bits per heavy atom. The standard InChI is InChI=1S/C12H22N4O/c1-5-10-6-11(16(4)15-10)7-13-8-12(17)14-9(2)3/h6,9,13H,5,7-8H2,1-4H3,(H,14,17). The fraction of sp³-hybridized carbons (Fsp3) is 0.667. The Morgan fingerprint density at radius 3 is 2.76 bits per heavy atom. The minimum absolute atomic E-state index is 0.0258. The molecule has 1 amide bonds. The van der Waals surface area contributed by atoms with Crippen LogP contribution in [-0.2, 0) is 24.8 Å². The largest absolute Gasteiger partial charge is 0.353 e. The Bertz CT molecular complexity index is 371. The molecule has 0 fully saturated rings. The lowest BCUT2D eigenvalue weighted by atomic mass is 10.3. The number of carbonyl (C=O) groups is 1. The first-order valence-electron chi connectivity index (χ1n) is 6.04. The summed E-state index contributed by atoms with van der Waals surface area (Å²) in [7, 11) is 1.92. The van der Waals surface area contributed by atoms with E-state index >= 15 is 0 Å². The fourth-order valence-electron chi connectivity index (χ4n) is 1.59. The van der Waals surface area contributed by atoms with E-state index in [1.54, 1.807) is 0 Å². The first kappa shape index (κ1) is 13.7. The monoisotopic (exact) mass is 238 g/mol. The van der Waals surface area contributed by atoms with E-state index in [0.29, 0.717) is 13.1 Å². The van der Waals surface area contributed by atoms with Gasteiger partial charge in [-0.15, -0.1) is 0 Å². The molecule has 0 aliphatic rings. The molecule has 17 heavy (non-hydrogen) atoms. The van der Waals surface area contributed by atoms with Crippen LogP contribution in [0.3, 0.4) is 0 Å². The highest BCUT2D eigenvalue weighted by Crippen LogP contribution is 2.02. The van der Waals surface area contributed by atoms with Crippen LogP contribution in [0.1, 0.15) is 32.2 Å². The molecule has 0 aromatic carbocycles. The molecule has 0 atom stereocenters. The second-order valence-electron chi connectivity index (χ2n) is 4.43. The Kier molecular flexibility index (Phi) is 5.15. The van der Waals surface area contributed by atoms with Gasteiger partial charge < -0.3 is 10.6 Å². The van der Waals surface area contributed by atoms with E-state index in [1.165, 1.54) is 0 Å². The third kappa shape index (κ3) is 4.56. The van der Waals surface area contributed by atoms with Crippen molar-refractivity contribution >= 4 is 5.91 Å². The van der Waals surface area contributed by atoms with Gasteiger partial charge in [0.25, 0.3) is 0 Å². The molecule has 0 spiro atoms. The molecule has 5 nitrogen and oxygen atoms in total. The van der Waals surface area contributed by atoms with Crippen molar-refractivity contribution in [3.8, 4) is 0 Å². The predicted octanol–water partition coefficient (Wildman–Crippen LogP) is 0.597. The van der Waals surface area contributed by atoms with Crippen LogP contribution in [0.15, 0.2) is 6.07 Å². The summed E-state index contributed by atoms with van der Waals surface area (Å²) in [4.78, 5) is 11.4. The summed E-state index contributed by atoms with van der Waals surface area (Å²) in [5.41, 5.74) is 2.18. The molecule has 0 saturated carbocycles. The van der Waals surface area contributed by atoms with Crippen molar-refractivity contribution < 1.29 is 4.79 Å². The van der Waals surface area contributed by atoms with Gasteiger partial charge in [0.2, 0.25) is 5.91 Å². The zero-order chi connectivity index (χ0) is 12.8. The van der Waals surface area contributed by atoms with Crippen molar-refractivity contribution in [2.24, 2.45) is 7.05 Å². The SMILES string of the molecule is CCc1cc(CNCC(=O)NC(C)C)n(C)n1. The van der Waals surface area contributed by atoms with Crippen LogP contribution in [0.2, 0.25) is 0 Å². The van der Waals surface area contributed by atoms with E-state index in [4.69, 9.17) is 0 Å². The normalized spacial score (nSPS) is 10.9. The van der Waals surface area contributed by atoms with E-state index in [9.17, 15) is 4.79 Å². The van der Waals surface area contributed by atoms with Gasteiger partial charge >= 0.3 is 0 Å². The summed E-state index contributed by atoms with van der Waals surface area (Å²) in [6, 6.07) is 2.25. The van der Waals surface area contributed by atoms with Crippen molar-refractivity contribution in [2.45, 2.75) is 39.8 Å². The highest BCUT2D eigenvalue weighted by atomic mass is 16.1. The third-order valence-electron chi connectivity index (χ3n) is 2.43. The Hall–Kier alpha value is -1.36. The summed E-state index contributed by atoms with van der Waals surface area (Å²) in [6.07, 6.45) is 0.932. The van der Waals surface area contributed by atoms with E-state index < -0.39 is 0 Å². The van der Waals surface area contributed by atoms with E-state index in [-0.39, 0.29) is 11.9 Å². The smallest absolute Gasteiger partial charge is 0.234 e. The highest BCUT2D eigenvalue weighted by molar-refractivity contribution is 5.78. The summed E-state index contributed by atoms with van der Waals surface area (Å²) in [5.74, 6) is 0.0258. The summed E-state index contributed by atoms with van der Waals surface area (Å²) in [6.45, 7) is 6.98. The number of rotatable bonds is 6. The Labute approximate surface area is 103 Å².